The molecule has 4 heteroatoms. The van der Waals surface area contributed by atoms with Gasteiger partial charge < -0.3 is 15.8 Å². The monoisotopic (exact) mass is 292 g/mol. The second kappa shape index (κ2) is 8.15. The van der Waals surface area contributed by atoms with Gasteiger partial charge in [-0.2, -0.15) is 0 Å². The number of nitrogens with one attached hydrogen (secondary N) is 1. The number of aryl methyl sites for hydroxylation is 1. The van der Waals surface area contributed by atoms with Gasteiger partial charge in [-0.25, -0.2) is 0 Å². The van der Waals surface area contributed by atoms with Crippen molar-refractivity contribution < 1.29 is 9.53 Å². The molecular weight excluding hydrogens is 264 g/mol. The number of ether oxygens (including phenoxy) is 1. The van der Waals surface area contributed by atoms with Gasteiger partial charge >= 0.3 is 0 Å². The van der Waals surface area contributed by atoms with Crippen LogP contribution in [0.2, 0.25) is 0 Å². The molecule has 1 unspecified atom stereocenters. The minimum Gasteiger partial charge on any atom is -0.380 e. The third-order valence-corrected chi connectivity index (χ3v) is 3.88. The summed E-state index contributed by atoms with van der Waals surface area (Å²) >= 11 is 0. The fraction of sp³-hybridized carbons (Fsp3) is 0.588. The zero-order valence-corrected chi connectivity index (χ0v) is 13.6. The molecule has 1 aromatic carbocycles. The summed E-state index contributed by atoms with van der Waals surface area (Å²) < 4.78 is 5.13. The van der Waals surface area contributed by atoms with Gasteiger partial charge in [0.2, 0.25) is 5.91 Å². The van der Waals surface area contributed by atoms with E-state index in [9.17, 15) is 4.79 Å². The van der Waals surface area contributed by atoms with E-state index in [1.54, 1.807) is 7.11 Å². The van der Waals surface area contributed by atoms with Gasteiger partial charge in [0.15, 0.2) is 0 Å². The van der Waals surface area contributed by atoms with Crippen molar-refractivity contribution in [2.45, 2.75) is 45.1 Å². The summed E-state index contributed by atoms with van der Waals surface area (Å²) in [6, 6.07) is 8.58. The fourth-order valence-electron chi connectivity index (χ4n) is 2.16. The van der Waals surface area contributed by atoms with Crippen molar-refractivity contribution in [3.63, 3.8) is 0 Å². The maximum absolute atomic E-state index is 11.9. The van der Waals surface area contributed by atoms with Crippen molar-refractivity contribution in [2.24, 2.45) is 5.73 Å². The molecule has 0 spiro atoms. The van der Waals surface area contributed by atoms with Gasteiger partial charge in [0.05, 0.1) is 12.5 Å². The van der Waals surface area contributed by atoms with Gasteiger partial charge in [0.25, 0.3) is 0 Å². The highest BCUT2D eigenvalue weighted by atomic mass is 16.5. The average Bonchev–Trinajstić information content (AvgIpc) is 2.50. The molecule has 118 valence electrons. The normalized spacial score (nSPS) is 13.0. The van der Waals surface area contributed by atoms with Crippen molar-refractivity contribution in [3.8, 4) is 0 Å². The van der Waals surface area contributed by atoms with Gasteiger partial charge in [0.1, 0.15) is 0 Å². The molecule has 0 radical (unpaired) electrons. The smallest absolute Gasteiger partial charge is 0.222 e. The van der Waals surface area contributed by atoms with Gasteiger partial charge in [-0.05, 0) is 17.5 Å². The first-order valence-corrected chi connectivity index (χ1v) is 7.52. The minimum atomic E-state index is -0.211. The summed E-state index contributed by atoms with van der Waals surface area (Å²) in [5, 5.41) is 2.97. The predicted molar refractivity (Wildman–Crippen MR) is 86.3 cm³/mol. The Kier molecular flexibility index (Phi) is 6.85. The Bertz CT molecular complexity index is 437. The van der Waals surface area contributed by atoms with Crippen molar-refractivity contribution in [2.75, 3.05) is 20.2 Å². The molecule has 0 aliphatic carbocycles. The largest absolute Gasteiger partial charge is 0.380 e. The third kappa shape index (κ3) is 5.48. The predicted octanol–water partition coefficient (Wildman–Crippen LogP) is 2.01. The lowest BCUT2D eigenvalue weighted by Crippen LogP contribution is -2.39. The average molecular weight is 292 g/mol. The molecule has 0 aromatic heterocycles. The fourth-order valence-corrected chi connectivity index (χ4v) is 2.16. The molecule has 0 heterocycles. The zero-order valence-electron chi connectivity index (χ0n) is 13.6. The summed E-state index contributed by atoms with van der Waals surface area (Å²) in [6.45, 7) is 7.35. The van der Waals surface area contributed by atoms with Crippen LogP contribution in [0, 0.1) is 0 Å². The molecule has 21 heavy (non-hydrogen) atoms. The summed E-state index contributed by atoms with van der Waals surface area (Å²) in [4.78, 5) is 11.9. The number of nitrogens with two attached hydrogens (primary N) is 1. The van der Waals surface area contributed by atoms with Crippen LogP contribution in [-0.2, 0) is 21.4 Å². The highest BCUT2D eigenvalue weighted by Crippen LogP contribution is 2.22. The molecule has 3 N–H and O–H groups in total. The van der Waals surface area contributed by atoms with Crippen LogP contribution in [0.1, 0.15) is 38.3 Å². The zero-order chi connectivity index (χ0) is 15.9. The Morgan fingerprint density at radius 1 is 1.33 bits per heavy atom. The van der Waals surface area contributed by atoms with Gasteiger partial charge in [-0.1, -0.05) is 45.0 Å². The van der Waals surface area contributed by atoms with Crippen LogP contribution < -0.4 is 11.1 Å². The van der Waals surface area contributed by atoms with Crippen LogP contribution in [0.15, 0.2) is 24.3 Å². The Morgan fingerprint density at radius 3 is 2.43 bits per heavy atom. The summed E-state index contributed by atoms with van der Waals surface area (Å²) in [5.74, 6) is -0.0226. The van der Waals surface area contributed by atoms with Crippen LogP contribution in [-0.4, -0.2) is 32.2 Å². The molecule has 1 aromatic rings. The number of rotatable bonds is 8. The molecule has 1 amide bonds. The minimum absolute atomic E-state index is 0.0226. The Hall–Kier alpha value is -1.39. The molecule has 0 saturated heterocycles. The van der Waals surface area contributed by atoms with E-state index in [0.717, 1.165) is 6.42 Å². The SMILES string of the molecule is CCc1ccc(C(C)(C)CNC(=O)CC(CN)OC)cc1. The number of benzene rings is 1. The molecule has 4 nitrogen and oxygen atoms in total. The molecule has 1 rings (SSSR count). The first-order chi connectivity index (χ1) is 9.92. The van der Waals surface area contributed by atoms with Crippen LogP contribution in [0.3, 0.4) is 0 Å². The quantitative estimate of drug-likeness (QED) is 0.770. The van der Waals surface area contributed by atoms with Crippen LogP contribution in [0.4, 0.5) is 0 Å². The van der Waals surface area contributed by atoms with Crippen molar-refractivity contribution >= 4 is 5.91 Å². The number of hydrogen-bond acceptors (Lipinski definition) is 3. The number of amides is 1. The molecule has 0 aliphatic heterocycles. The highest BCUT2D eigenvalue weighted by Gasteiger charge is 2.22. The van der Waals surface area contributed by atoms with Crippen LogP contribution >= 0.6 is 0 Å². The maximum atomic E-state index is 11.9. The molecular formula is C17H28N2O2. The van der Waals surface area contributed by atoms with Gasteiger partial charge in [-0.15, -0.1) is 0 Å². The second-order valence-corrected chi connectivity index (χ2v) is 6.01. The molecule has 0 saturated carbocycles. The van der Waals surface area contributed by atoms with Crippen molar-refractivity contribution in [3.05, 3.63) is 35.4 Å². The number of hydrogen-bond donors (Lipinski definition) is 2. The van der Waals surface area contributed by atoms with E-state index in [2.05, 4.69) is 50.4 Å². The van der Waals surface area contributed by atoms with E-state index in [4.69, 9.17) is 10.5 Å². The second-order valence-electron chi connectivity index (χ2n) is 6.01. The lowest BCUT2D eigenvalue weighted by Gasteiger charge is -2.26. The summed E-state index contributed by atoms with van der Waals surface area (Å²) in [5.41, 5.74) is 7.97. The molecule has 0 aliphatic rings. The number of carbonyl (C=O) groups excluding carboxylic acids is 1. The van der Waals surface area contributed by atoms with E-state index in [1.807, 2.05) is 0 Å². The van der Waals surface area contributed by atoms with Crippen LogP contribution in [0.5, 0.6) is 0 Å². The highest BCUT2D eigenvalue weighted by molar-refractivity contribution is 5.76. The summed E-state index contributed by atoms with van der Waals surface area (Å²) in [6.07, 6.45) is 1.13. The lowest BCUT2D eigenvalue weighted by molar-refractivity contribution is -0.123. The Balaban J connectivity index is 2.57. The van der Waals surface area contributed by atoms with Crippen molar-refractivity contribution in [1.82, 2.24) is 5.32 Å². The van der Waals surface area contributed by atoms with Gasteiger partial charge in [-0.3, -0.25) is 4.79 Å². The number of carbonyl (C=O) groups is 1. The van der Waals surface area contributed by atoms with E-state index in [1.165, 1.54) is 11.1 Å². The van der Waals surface area contributed by atoms with Crippen LogP contribution in [0.25, 0.3) is 0 Å². The summed E-state index contributed by atoms with van der Waals surface area (Å²) in [7, 11) is 1.57. The molecule has 1 atom stereocenters. The first-order valence-electron chi connectivity index (χ1n) is 7.52. The van der Waals surface area contributed by atoms with E-state index in [-0.39, 0.29) is 17.4 Å². The standard InChI is InChI=1S/C17H28N2O2/c1-5-13-6-8-14(9-7-13)17(2,3)12-19-16(20)10-15(11-18)21-4/h6-9,15H,5,10-12,18H2,1-4H3,(H,19,20). The maximum Gasteiger partial charge on any atom is 0.222 e. The van der Waals surface area contributed by atoms with E-state index in [0.29, 0.717) is 19.5 Å². The van der Waals surface area contributed by atoms with E-state index < -0.39 is 0 Å². The third-order valence-electron chi connectivity index (χ3n) is 3.88. The molecule has 0 bridgehead atoms. The lowest BCUT2D eigenvalue weighted by atomic mass is 9.84. The Morgan fingerprint density at radius 2 is 1.95 bits per heavy atom. The number of methoxy groups -OCH3 is 1. The molecule has 0 fully saturated rings. The van der Waals surface area contributed by atoms with Crippen molar-refractivity contribution in [1.29, 1.82) is 0 Å². The topological polar surface area (TPSA) is 64.4 Å². The Labute approximate surface area is 128 Å². The van der Waals surface area contributed by atoms with Gasteiger partial charge in [0, 0.05) is 25.6 Å². The first kappa shape index (κ1) is 17.7. The van der Waals surface area contributed by atoms with E-state index >= 15 is 0 Å².